The Kier molecular flexibility index (Phi) is 6.32. The summed E-state index contributed by atoms with van der Waals surface area (Å²) in [5, 5.41) is 0. The molecule has 3 rings (SSSR count). The largest absolute Gasteiger partial charge is 0.496 e. The fraction of sp³-hybridized carbons (Fsp3) is 0.381. The van der Waals surface area contributed by atoms with E-state index in [0.717, 1.165) is 12.0 Å². The molecule has 1 saturated heterocycles. The van der Waals surface area contributed by atoms with Crippen molar-refractivity contribution in [3.8, 4) is 11.5 Å². The van der Waals surface area contributed by atoms with Gasteiger partial charge in [-0.05, 0) is 43.2 Å². The molecule has 0 aromatic heterocycles. The van der Waals surface area contributed by atoms with Crippen LogP contribution in [-0.4, -0.2) is 52.8 Å². The number of ether oxygens (including phenoxy) is 2. The first-order valence-corrected chi connectivity index (χ1v) is 11.0. The lowest BCUT2D eigenvalue weighted by atomic mass is 10.1. The molecule has 29 heavy (non-hydrogen) atoms. The molecule has 0 spiro atoms. The summed E-state index contributed by atoms with van der Waals surface area (Å²) in [5.74, 6) is 1.20. The molecule has 0 aliphatic carbocycles. The molecule has 1 heterocycles. The van der Waals surface area contributed by atoms with Crippen LogP contribution in [0.2, 0.25) is 0 Å². The van der Waals surface area contributed by atoms with Gasteiger partial charge in [0.1, 0.15) is 11.5 Å². The van der Waals surface area contributed by atoms with Crippen LogP contribution < -0.4 is 13.8 Å². The molecule has 0 atom stereocenters. The van der Waals surface area contributed by atoms with Crippen molar-refractivity contribution >= 4 is 21.6 Å². The second-order valence-electron chi connectivity index (χ2n) is 6.95. The zero-order valence-electron chi connectivity index (χ0n) is 16.9. The number of anilines is 1. The van der Waals surface area contributed by atoms with Crippen LogP contribution >= 0.6 is 0 Å². The molecule has 156 valence electrons. The summed E-state index contributed by atoms with van der Waals surface area (Å²) in [4.78, 5) is 14.6. The van der Waals surface area contributed by atoms with E-state index in [0.29, 0.717) is 35.7 Å². The molecule has 0 saturated carbocycles. The average Bonchev–Trinajstić information content (AvgIpc) is 2.73. The van der Waals surface area contributed by atoms with Crippen molar-refractivity contribution in [3.63, 3.8) is 0 Å². The number of carbonyl (C=O) groups is 1. The first-order valence-electron chi connectivity index (χ1n) is 9.43. The summed E-state index contributed by atoms with van der Waals surface area (Å²) < 4.78 is 37.0. The Morgan fingerprint density at radius 2 is 1.72 bits per heavy atom. The van der Waals surface area contributed by atoms with E-state index in [4.69, 9.17) is 9.47 Å². The number of benzene rings is 2. The minimum absolute atomic E-state index is 0.138. The van der Waals surface area contributed by atoms with E-state index in [9.17, 15) is 13.2 Å². The van der Waals surface area contributed by atoms with E-state index in [2.05, 4.69) is 0 Å². The van der Waals surface area contributed by atoms with E-state index in [-0.39, 0.29) is 18.2 Å². The molecule has 0 radical (unpaired) electrons. The standard InChI is InChI=1S/C21H26N2O5S/c1-22(15-18-19(27-2)10-7-11-20(18)28-3)21(24)16-8-6-9-17(14-16)23-12-4-5-13-29(23,25)26/h6-11,14H,4-5,12-13,15H2,1-3H3. The molecule has 7 nitrogen and oxygen atoms in total. The number of hydrogen-bond donors (Lipinski definition) is 0. The highest BCUT2D eigenvalue weighted by Crippen LogP contribution is 2.30. The minimum atomic E-state index is -3.33. The predicted molar refractivity (Wildman–Crippen MR) is 112 cm³/mol. The Bertz CT molecular complexity index is 968. The minimum Gasteiger partial charge on any atom is -0.496 e. The molecular formula is C21H26N2O5S. The van der Waals surface area contributed by atoms with E-state index < -0.39 is 10.0 Å². The van der Waals surface area contributed by atoms with Gasteiger partial charge in [0.05, 0.1) is 37.8 Å². The van der Waals surface area contributed by atoms with Gasteiger partial charge in [0, 0.05) is 19.2 Å². The molecule has 0 unspecified atom stereocenters. The molecule has 1 fully saturated rings. The highest BCUT2D eigenvalue weighted by Gasteiger charge is 2.27. The van der Waals surface area contributed by atoms with Crippen LogP contribution in [0.25, 0.3) is 0 Å². The Labute approximate surface area is 171 Å². The van der Waals surface area contributed by atoms with Crippen molar-refractivity contribution in [1.29, 1.82) is 0 Å². The van der Waals surface area contributed by atoms with Gasteiger partial charge in [-0.15, -0.1) is 0 Å². The summed E-state index contributed by atoms with van der Waals surface area (Å²) in [7, 11) is 1.51. The van der Waals surface area contributed by atoms with Gasteiger partial charge in [-0.1, -0.05) is 12.1 Å². The van der Waals surface area contributed by atoms with Crippen LogP contribution in [0.15, 0.2) is 42.5 Å². The maximum atomic E-state index is 13.0. The van der Waals surface area contributed by atoms with Crippen molar-refractivity contribution in [1.82, 2.24) is 4.90 Å². The van der Waals surface area contributed by atoms with Crippen LogP contribution in [0.5, 0.6) is 11.5 Å². The molecule has 2 aromatic rings. The lowest BCUT2D eigenvalue weighted by Gasteiger charge is -2.28. The van der Waals surface area contributed by atoms with Crippen LogP contribution in [0.1, 0.15) is 28.8 Å². The van der Waals surface area contributed by atoms with Crippen LogP contribution in [-0.2, 0) is 16.6 Å². The van der Waals surface area contributed by atoms with Gasteiger partial charge in [0.2, 0.25) is 10.0 Å². The predicted octanol–water partition coefficient (Wildman–Crippen LogP) is 2.91. The number of sulfonamides is 1. The maximum absolute atomic E-state index is 13.0. The average molecular weight is 419 g/mol. The smallest absolute Gasteiger partial charge is 0.253 e. The lowest BCUT2D eigenvalue weighted by Crippen LogP contribution is -2.38. The molecule has 2 aromatic carbocycles. The zero-order valence-corrected chi connectivity index (χ0v) is 17.7. The summed E-state index contributed by atoms with van der Waals surface area (Å²) in [5.41, 5.74) is 1.72. The fourth-order valence-corrected chi connectivity index (χ4v) is 5.12. The normalized spacial score (nSPS) is 15.6. The van der Waals surface area contributed by atoms with Gasteiger partial charge >= 0.3 is 0 Å². The van der Waals surface area contributed by atoms with Crippen LogP contribution in [0, 0.1) is 0 Å². The summed E-state index contributed by atoms with van der Waals surface area (Å²) in [6, 6.07) is 12.2. The van der Waals surface area contributed by atoms with Gasteiger partial charge in [-0.25, -0.2) is 8.42 Å². The second kappa shape index (κ2) is 8.73. The topological polar surface area (TPSA) is 76.2 Å². The van der Waals surface area contributed by atoms with Gasteiger partial charge < -0.3 is 14.4 Å². The van der Waals surface area contributed by atoms with Crippen molar-refractivity contribution in [2.75, 3.05) is 37.9 Å². The number of nitrogens with zero attached hydrogens (tertiary/aromatic N) is 2. The quantitative estimate of drug-likeness (QED) is 0.721. The fourth-order valence-electron chi connectivity index (χ4n) is 3.49. The Hall–Kier alpha value is -2.74. The number of hydrogen-bond acceptors (Lipinski definition) is 5. The first-order chi connectivity index (χ1) is 13.9. The maximum Gasteiger partial charge on any atom is 0.253 e. The SMILES string of the molecule is COc1cccc(OC)c1CN(C)C(=O)c1cccc(N2CCCCS2(=O)=O)c1. The Morgan fingerprint density at radius 3 is 2.34 bits per heavy atom. The van der Waals surface area contributed by atoms with Crippen LogP contribution in [0.4, 0.5) is 5.69 Å². The van der Waals surface area contributed by atoms with Crippen molar-refractivity contribution < 1.29 is 22.7 Å². The van der Waals surface area contributed by atoms with E-state index in [1.165, 1.54) is 4.31 Å². The molecule has 1 amide bonds. The van der Waals surface area contributed by atoms with Crippen LogP contribution in [0.3, 0.4) is 0 Å². The van der Waals surface area contributed by atoms with Gasteiger partial charge in [-0.2, -0.15) is 0 Å². The third kappa shape index (κ3) is 4.48. The highest BCUT2D eigenvalue weighted by molar-refractivity contribution is 7.92. The Balaban J connectivity index is 1.84. The summed E-state index contributed by atoms with van der Waals surface area (Å²) in [6.45, 7) is 0.729. The molecular weight excluding hydrogens is 392 g/mol. The Morgan fingerprint density at radius 1 is 1.07 bits per heavy atom. The number of carbonyl (C=O) groups excluding carboxylic acids is 1. The monoisotopic (exact) mass is 418 g/mol. The first kappa shape index (κ1) is 21.0. The third-order valence-corrected chi connectivity index (χ3v) is 6.87. The van der Waals surface area contributed by atoms with Crippen molar-refractivity contribution in [2.45, 2.75) is 19.4 Å². The van der Waals surface area contributed by atoms with Crippen molar-refractivity contribution in [3.05, 3.63) is 53.6 Å². The van der Waals surface area contributed by atoms with Crippen molar-refractivity contribution in [2.24, 2.45) is 0 Å². The summed E-state index contributed by atoms with van der Waals surface area (Å²) >= 11 is 0. The highest BCUT2D eigenvalue weighted by atomic mass is 32.2. The molecule has 0 N–H and O–H groups in total. The number of methoxy groups -OCH3 is 2. The second-order valence-corrected chi connectivity index (χ2v) is 8.96. The number of amides is 1. The lowest BCUT2D eigenvalue weighted by molar-refractivity contribution is 0.0783. The van der Waals surface area contributed by atoms with Gasteiger partial charge in [0.15, 0.2) is 0 Å². The number of rotatable bonds is 6. The van der Waals surface area contributed by atoms with E-state index >= 15 is 0 Å². The van der Waals surface area contributed by atoms with Gasteiger partial charge in [-0.3, -0.25) is 9.10 Å². The zero-order chi connectivity index (χ0) is 21.0. The molecule has 0 bridgehead atoms. The third-order valence-electron chi connectivity index (χ3n) is 5.00. The van der Waals surface area contributed by atoms with E-state index in [1.54, 1.807) is 50.4 Å². The molecule has 8 heteroatoms. The molecule has 1 aliphatic rings. The van der Waals surface area contributed by atoms with E-state index in [1.807, 2.05) is 18.2 Å². The van der Waals surface area contributed by atoms with Gasteiger partial charge in [0.25, 0.3) is 5.91 Å². The summed E-state index contributed by atoms with van der Waals surface area (Å²) in [6.07, 6.45) is 1.48. The molecule has 1 aliphatic heterocycles.